The number of rotatable bonds is 2. The monoisotopic (exact) mass is 328 g/mol. The number of H-pyrrole nitrogens is 1. The Morgan fingerprint density at radius 3 is 2.70 bits per heavy atom. The zero-order valence-electron chi connectivity index (χ0n) is 11.5. The molecule has 3 aromatic rings. The second-order valence-electron chi connectivity index (χ2n) is 4.77. The molecule has 114 valence electrons. The minimum Gasteiger partial charge on any atom is -0.502 e. The number of carbonyl (C=O) groups is 1. The molecular formula is C16H9ClN2O4. The number of hydrogen-bond acceptors (Lipinski definition) is 5. The molecule has 0 saturated carbocycles. The molecule has 0 radical (unpaired) electrons. The molecule has 2 heterocycles. The third-order valence-electron chi connectivity index (χ3n) is 3.30. The quantitative estimate of drug-likeness (QED) is 0.699. The van der Waals surface area contributed by atoms with Gasteiger partial charge in [0.15, 0.2) is 5.75 Å². The van der Waals surface area contributed by atoms with Crippen molar-refractivity contribution in [1.82, 2.24) is 9.97 Å². The summed E-state index contributed by atoms with van der Waals surface area (Å²) in [6.45, 7) is 0. The highest BCUT2D eigenvalue weighted by atomic mass is 35.5. The van der Waals surface area contributed by atoms with Gasteiger partial charge in [-0.05, 0) is 30.3 Å². The van der Waals surface area contributed by atoms with E-state index >= 15 is 0 Å². The molecule has 23 heavy (non-hydrogen) atoms. The largest absolute Gasteiger partial charge is 0.502 e. The smallest absolute Gasteiger partial charge is 0.291 e. The van der Waals surface area contributed by atoms with E-state index in [-0.39, 0.29) is 16.5 Å². The predicted molar refractivity (Wildman–Crippen MR) is 85.2 cm³/mol. The second-order valence-corrected chi connectivity index (χ2v) is 5.20. The van der Waals surface area contributed by atoms with Crippen LogP contribution in [0.15, 0.2) is 52.3 Å². The van der Waals surface area contributed by atoms with E-state index in [2.05, 4.69) is 9.97 Å². The fraction of sp³-hybridized carbons (Fsp3) is 0. The lowest BCUT2D eigenvalue weighted by Crippen LogP contribution is -2.16. The van der Waals surface area contributed by atoms with E-state index in [1.807, 2.05) is 0 Å². The van der Waals surface area contributed by atoms with Crippen LogP contribution in [-0.2, 0) is 0 Å². The van der Waals surface area contributed by atoms with Crippen LogP contribution < -0.4 is 11.0 Å². The van der Waals surface area contributed by atoms with Crippen molar-refractivity contribution in [1.29, 1.82) is 0 Å². The zero-order chi connectivity index (χ0) is 16.6. The highest BCUT2D eigenvalue weighted by molar-refractivity contribution is 6.31. The van der Waals surface area contributed by atoms with Gasteiger partial charge in [0.05, 0.1) is 5.52 Å². The lowest BCUT2D eigenvalue weighted by Gasteiger charge is -1.99. The molecule has 0 fully saturated rings. The third kappa shape index (κ3) is 2.60. The number of hydrogen-bond donors (Lipinski definition) is 2. The number of fused-ring (bicyclic) bond motifs is 1. The molecule has 0 amide bonds. The summed E-state index contributed by atoms with van der Waals surface area (Å²) in [5.74, 6) is -1.71. The highest BCUT2D eigenvalue weighted by Gasteiger charge is 2.21. The zero-order valence-corrected chi connectivity index (χ0v) is 12.3. The summed E-state index contributed by atoms with van der Waals surface area (Å²) in [4.78, 5) is 43.3. The molecule has 2 aromatic heterocycles. The molecule has 0 aliphatic rings. The Morgan fingerprint density at radius 1 is 1.22 bits per heavy atom. The van der Waals surface area contributed by atoms with Gasteiger partial charge in [-0.1, -0.05) is 11.6 Å². The van der Waals surface area contributed by atoms with E-state index in [0.29, 0.717) is 5.02 Å². The molecule has 1 aromatic carbocycles. The van der Waals surface area contributed by atoms with Gasteiger partial charge >= 0.3 is 0 Å². The van der Waals surface area contributed by atoms with Crippen LogP contribution >= 0.6 is 11.6 Å². The predicted octanol–water partition coefficient (Wildman–Crippen LogP) is 1.87. The van der Waals surface area contributed by atoms with Gasteiger partial charge in [0.1, 0.15) is 5.56 Å². The van der Waals surface area contributed by atoms with Crippen molar-refractivity contribution >= 4 is 28.3 Å². The maximum Gasteiger partial charge on any atom is 0.291 e. The van der Waals surface area contributed by atoms with Gasteiger partial charge in [0, 0.05) is 28.4 Å². The number of carbonyl (C=O) groups excluding carboxylic acids is 1. The first-order chi connectivity index (χ1) is 11.0. The number of benzene rings is 1. The summed E-state index contributed by atoms with van der Waals surface area (Å²) >= 11 is 5.84. The number of ketones is 1. The van der Waals surface area contributed by atoms with Gasteiger partial charge in [-0.15, -0.1) is 0 Å². The van der Waals surface area contributed by atoms with Gasteiger partial charge in [-0.2, -0.15) is 0 Å². The Bertz CT molecular complexity index is 1050. The van der Waals surface area contributed by atoms with E-state index in [1.54, 1.807) is 0 Å². The molecule has 6 nitrogen and oxygen atoms in total. The summed E-state index contributed by atoms with van der Waals surface area (Å²) in [7, 11) is 0. The molecule has 2 N–H and O–H groups in total. The van der Waals surface area contributed by atoms with Crippen LogP contribution in [0.2, 0.25) is 5.02 Å². The molecule has 3 rings (SSSR count). The molecule has 0 spiro atoms. The maximum absolute atomic E-state index is 12.6. The maximum atomic E-state index is 12.6. The number of nitrogens with one attached hydrogen (secondary N) is 1. The van der Waals surface area contributed by atoms with E-state index in [0.717, 1.165) is 0 Å². The summed E-state index contributed by atoms with van der Waals surface area (Å²) in [5.41, 5.74) is -2.09. The minimum atomic E-state index is -0.952. The van der Waals surface area contributed by atoms with Crippen molar-refractivity contribution in [2.45, 2.75) is 0 Å². The number of aromatic amines is 1. The van der Waals surface area contributed by atoms with Gasteiger partial charge in [-0.3, -0.25) is 19.4 Å². The Morgan fingerprint density at radius 2 is 2.00 bits per heavy atom. The molecule has 0 atom stereocenters. The van der Waals surface area contributed by atoms with Crippen LogP contribution in [0, 0.1) is 0 Å². The minimum absolute atomic E-state index is 0.0686. The first-order valence-electron chi connectivity index (χ1n) is 6.52. The van der Waals surface area contributed by atoms with Gasteiger partial charge < -0.3 is 10.1 Å². The standard InChI is InChI=1S/C16H9ClN2O4/c17-9-3-4-10-11(6-9)19-16(23)15(22)12(14(10)21)13(20)8-2-1-5-18-7-8/h1-7,22H,(H,19,23). The van der Waals surface area contributed by atoms with E-state index in [4.69, 9.17) is 11.6 Å². The molecule has 0 saturated heterocycles. The lowest BCUT2D eigenvalue weighted by atomic mass is 10.0. The third-order valence-corrected chi connectivity index (χ3v) is 3.54. The van der Waals surface area contributed by atoms with E-state index < -0.39 is 28.1 Å². The van der Waals surface area contributed by atoms with Crippen molar-refractivity contribution in [2.24, 2.45) is 0 Å². The van der Waals surface area contributed by atoms with Crippen LogP contribution in [0.1, 0.15) is 15.9 Å². The van der Waals surface area contributed by atoms with Crippen LogP contribution in [0.5, 0.6) is 5.75 Å². The fourth-order valence-electron chi connectivity index (χ4n) is 2.21. The summed E-state index contributed by atoms with van der Waals surface area (Å²) < 4.78 is 0. The molecule has 7 heteroatoms. The number of aromatic nitrogens is 2. The topological polar surface area (TPSA) is 100 Å². The normalized spacial score (nSPS) is 10.7. The van der Waals surface area contributed by atoms with Crippen molar-refractivity contribution in [3.8, 4) is 5.75 Å². The average molecular weight is 329 g/mol. The summed E-state index contributed by atoms with van der Waals surface area (Å²) in [6.07, 6.45) is 2.71. The Hall–Kier alpha value is -2.99. The van der Waals surface area contributed by atoms with Crippen molar-refractivity contribution < 1.29 is 9.90 Å². The summed E-state index contributed by atoms with van der Waals surface area (Å²) in [5, 5.41) is 10.4. The Kier molecular flexibility index (Phi) is 3.67. The second kappa shape index (κ2) is 5.66. The SMILES string of the molecule is O=C(c1cccnc1)c1c(O)c(=O)[nH]c2cc(Cl)ccc2c1=O. The van der Waals surface area contributed by atoms with Crippen molar-refractivity contribution in [3.63, 3.8) is 0 Å². The number of pyridine rings is 1. The highest BCUT2D eigenvalue weighted by Crippen LogP contribution is 2.17. The Balaban J connectivity index is 2.43. The molecular weight excluding hydrogens is 320 g/mol. The molecule has 0 bridgehead atoms. The number of halogens is 1. The first kappa shape index (κ1) is 14.9. The average Bonchev–Trinajstić information content (AvgIpc) is 2.63. The van der Waals surface area contributed by atoms with Crippen molar-refractivity contribution in [2.75, 3.05) is 0 Å². The summed E-state index contributed by atoms with van der Waals surface area (Å²) in [6, 6.07) is 7.17. The van der Waals surface area contributed by atoms with E-state index in [1.165, 1.54) is 42.7 Å². The lowest BCUT2D eigenvalue weighted by molar-refractivity contribution is 0.103. The first-order valence-corrected chi connectivity index (χ1v) is 6.90. The van der Waals surface area contributed by atoms with Crippen LogP contribution in [0.3, 0.4) is 0 Å². The number of aromatic hydroxyl groups is 1. The number of nitrogens with zero attached hydrogens (tertiary/aromatic N) is 1. The van der Waals surface area contributed by atoms with Gasteiger partial charge in [0.2, 0.25) is 11.2 Å². The van der Waals surface area contributed by atoms with Gasteiger partial charge in [-0.25, -0.2) is 0 Å². The fourth-order valence-corrected chi connectivity index (χ4v) is 2.38. The van der Waals surface area contributed by atoms with Crippen LogP contribution in [0.4, 0.5) is 0 Å². The van der Waals surface area contributed by atoms with Gasteiger partial charge in [0.25, 0.3) is 5.56 Å². The van der Waals surface area contributed by atoms with E-state index in [9.17, 15) is 19.5 Å². The van der Waals surface area contributed by atoms with Crippen LogP contribution in [0.25, 0.3) is 10.9 Å². The van der Waals surface area contributed by atoms with Crippen molar-refractivity contribution in [3.05, 3.63) is 79.5 Å². The van der Waals surface area contributed by atoms with Crippen LogP contribution in [-0.4, -0.2) is 20.9 Å². The molecule has 0 aliphatic heterocycles. The molecule has 0 aliphatic carbocycles. The molecule has 0 unspecified atom stereocenters. The Labute approximate surface area is 134 Å².